The Hall–Kier alpha value is -1.52. The maximum atomic E-state index is 9.70. The van der Waals surface area contributed by atoms with E-state index in [9.17, 15) is 5.11 Å². The van der Waals surface area contributed by atoms with E-state index < -0.39 is 0 Å². The molecule has 1 aromatic rings. The summed E-state index contributed by atoms with van der Waals surface area (Å²) in [6.45, 7) is 6.71. The molecule has 1 fully saturated rings. The first-order valence-corrected chi connectivity index (χ1v) is 7.04. The SMILES string of the molecule is C=CCOc1ccc(CN2CCCC(O)C2)cc1OC. The second kappa shape index (κ2) is 7.31. The number of aliphatic hydroxyl groups is 1. The van der Waals surface area contributed by atoms with Crippen LogP contribution >= 0.6 is 0 Å². The molecule has 1 unspecified atom stereocenters. The van der Waals surface area contributed by atoms with E-state index in [1.54, 1.807) is 13.2 Å². The molecule has 110 valence electrons. The van der Waals surface area contributed by atoms with Gasteiger partial charge < -0.3 is 14.6 Å². The zero-order valence-corrected chi connectivity index (χ0v) is 12.0. The van der Waals surface area contributed by atoms with Gasteiger partial charge in [0.1, 0.15) is 6.61 Å². The average molecular weight is 277 g/mol. The summed E-state index contributed by atoms with van der Waals surface area (Å²) in [6, 6.07) is 5.97. The fourth-order valence-electron chi connectivity index (χ4n) is 2.51. The number of piperidine rings is 1. The van der Waals surface area contributed by atoms with Crippen molar-refractivity contribution in [2.45, 2.75) is 25.5 Å². The third-order valence-electron chi connectivity index (χ3n) is 3.47. The zero-order chi connectivity index (χ0) is 14.4. The van der Waals surface area contributed by atoms with Crippen LogP contribution in [0.3, 0.4) is 0 Å². The molecular formula is C16H23NO3. The molecule has 0 spiro atoms. The van der Waals surface area contributed by atoms with E-state index >= 15 is 0 Å². The van der Waals surface area contributed by atoms with Crippen LogP contribution in [0.15, 0.2) is 30.9 Å². The molecule has 0 saturated carbocycles. The quantitative estimate of drug-likeness (QED) is 0.810. The van der Waals surface area contributed by atoms with Gasteiger partial charge in [-0.1, -0.05) is 18.7 Å². The summed E-state index contributed by atoms with van der Waals surface area (Å²) in [5.41, 5.74) is 1.17. The summed E-state index contributed by atoms with van der Waals surface area (Å²) in [5.74, 6) is 1.47. The highest BCUT2D eigenvalue weighted by atomic mass is 16.5. The van der Waals surface area contributed by atoms with Gasteiger partial charge in [-0.25, -0.2) is 0 Å². The summed E-state index contributed by atoms with van der Waals surface area (Å²) >= 11 is 0. The Morgan fingerprint density at radius 3 is 3.00 bits per heavy atom. The van der Waals surface area contributed by atoms with Gasteiger partial charge in [0.05, 0.1) is 13.2 Å². The third kappa shape index (κ3) is 3.99. The van der Waals surface area contributed by atoms with Crippen molar-refractivity contribution in [3.63, 3.8) is 0 Å². The van der Waals surface area contributed by atoms with E-state index in [4.69, 9.17) is 9.47 Å². The van der Waals surface area contributed by atoms with Crippen LogP contribution in [-0.4, -0.2) is 42.9 Å². The zero-order valence-electron chi connectivity index (χ0n) is 12.0. The Morgan fingerprint density at radius 1 is 1.45 bits per heavy atom. The number of hydrogen-bond acceptors (Lipinski definition) is 4. The second-order valence-corrected chi connectivity index (χ2v) is 5.12. The van der Waals surface area contributed by atoms with Gasteiger partial charge in [0.2, 0.25) is 0 Å². The Bertz CT molecular complexity index is 447. The maximum absolute atomic E-state index is 9.70. The van der Waals surface area contributed by atoms with E-state index in [1.807, 2.05) is 18.2 Å². The van der Waals surface area contributed by atoms with E-state index in [-0.39, 0.29) is 6.10 Å². The molecule has 2 rings (SSSR count). The van der Waals surface area contributed by atoms with E-state index in [0.717, 1.165) is 44.0 Å². The molecule has 1 aromatic carbocycles. The molecule has 1 N–H and O–H groups in total. The third-order valence-corrected chi connectivity index (χ3v) is 3.47. The van der Waals surface area contributed by atoms with Gasteiger partial charge in [-0.15, -0.1) is 0 Å². The van der Waals surface area contributed by atoms with Gasteiger partial charge in [0.25, 0.3) is 0 Å². The Balaban J connectivity index is 2.02. The predicted molar refractivity (Wildman–Crippen MR) is 79.2 cm³/mol. The standard InChI is InChI=1S/C16H23NO3/c1-3-9-20-15-7-6-13(10-16(15)19-2)11-17-8-4-5-14(18)12-17/h3,6-7,10,14,18H,1,4-5,8-9,11-12H2,2H3. The van der Waals surface area contributed by atoms with Crippen LogP contribution in [0.5, 0.6) is 11.5 Å². The van der Waals surface area contributed by atoms with Gasteiger partial charge in [-0.3, -0.25) is 4.90 Å². The molecule has 4 nitrogen and oxygen atoms in total. The largest absolute Gasteiger partial charge is 0.493 e. The van der Waals surface area contributed by atoms with Crippen molar-refractivity contribution in [1.29, 1.82) is 0 Å². The fourth-order valence-corrected chi connectivity index (χ4v) is 2.51. The molecule has 1 aliphatic rings. The first-order chi connectivity index (χ1) is 9.72. The summed E-state index contributed by atoms with van der Waals surface area (Å²) in [5, 5.41) is 9.70. The lowest BCUT2D eigenvalue weighted by Gasteiger charge is -2.30. The van der Waals surface area contributed by atoms with Gasteiger partial charge in [-0.2, -0.15) is 0 Å². The second-order valence-electron chi connectivity index (χ2n) is 5.12. The van der Waals surface area contributed by atoms with Crippen molar-refractivity contribution >= 4 is 0 Å². The topological polar surface area (TPSA) is 41.9 Å². The van der Waals surface area contributed by atoms with Crippen LogP contribution in [0.4, 0.5) is 0 Å². The summed E-state index contributed by atoms with van der Waals surface area (Å²) in [4.78, 5) is 2.27. The van der Waals surface area contributed by atoms with Gasteiger partial charge in [0, 0.05) is 13.1 Å². The van der Waals surface area contributed by atoms with Crippen LogP contribution in [0, 0.1) is 0 Å². The molecule has 0 amide bonds. The molecule has 0 aliphatic carbocycles. The summed E-state index contributed by atoms with van der Waals surface area (Å²) in [7, 11) is 1.64. The monoisotopic (exact) mass is 277 g/mol. The van der Waals surface area contributed by atoms with Crippen molar-refractivity contribution in [3.05, 3.63) is 36.4 Å². The number of nitrogens with zero attached hydrogens (tertiary/aromatic N) is 1. The minimum absolute atomic E-state index is 0.194. The number of benzene rings is 1. The number of methoxy groups -OCH3 is 1. The maximum Gasteiger partial charge on any atom is 0.161 e. The number of likely N-dealkylation sites (tertiary alicyclic amines) is 1. The first kappa shape index (κ1) is 14.9. The molecular weight excluding hydrogens is 254 g/mol. The lowest BCUT2D eigenvalue weighted by atomic mass is 10.1. The summed E-state index contributed by atoms with van der Waals surface area (Å²) < 4.78 is 10.9. The van der Waals surface area contributed by atoms with Gasteiger partial charge >= 0.3 is 0 Å². The van der Waals surface area contributed by atoms with E-state index in [0.29, 0.717) is 6.61 Å². The minimum Gasteiger partial charge on any atom is -0.493 e. The Kier molecular flexibility index (Phi) is 5.44. The molecule has 0 aromatic heterocycles. The van der Waals surface area contributed by atoms with Crippen molar-refractivity contribution in [1.82, 2.24) is 4.90 Å². The molecule has 20 heavy (non-hydrogen) atoms. The highest BCUT2D eigenvalue weighted by molar-refractivity contribution is 5.43. The molecule has 1 saturated heterocycles. The molecule has 1 atom stereocenters. The normalized spacial score (nSPS) is 19.6. The van der Waals surface area contributed by atoms with Crippen molar-refractivity contribution in [3.8, 4) is 11.5 Å². The van der Waals surface area contributed by atoms with Crippen LogP contribution in [-0.2, 0) is 6.54 Å². The van der Waals surface area contributed by atoms with E-state index in [2.05, 4.69) is 11.5 Å². The number of hydrogen-bond donors (Lipinski definition) is 1. The minimum atomic E-state index is -0.194. The molecule has 4 heteroatoms. The van der Waals surface area contributed by atoms with Crippen LogP contribution in [0.25, 0.3) is 0 Å². The van der Waals surface area contributed by atoms with Crippen molar-refractivity contribution in [2.75, 3.05) is 26.8 Å². The molecule has 1 aliphatic heterocycles. The highest BCUT2D eigenvalue weighted by Crippen LogP contribution is 2.29. The number of ether oxygens (including phenoxy) is 2. The van der Waals surface area contributed by atoms with Crippen LogP contribution in [0.1, 0.15) is 18.4 Å². The number of β-amino-alcohol motifs (C(OH)–C–C–N with tert-alkyl or cyclic N) is 1. The number of rotatable bonds is 6. The highest BCUT2D eigenvalue weighted by Gasteiger charge is 2.18. The average Bonchev–Trinajstić information content (AvgIpc) is 2.46. The molecule has 1 heterocycles. The van der Waals surface area contributed by atoms with Gasteiger partial charge in [-0.05, 0) is 37.1 Å². The predicted octanol–water partition coefficient (Wildman–Crippen LogP) is 2.22. The smallest absolute Gasteiger partial charge is 0.161 e. The Morgan fingerprint density at radius 2 is 2.30 bits per heavy atom. The van der Waals surface area contributed by atoms with Crippen molar-refractivity contribution in [2.24, 2.45) is 0 Å². The molecule has 0 bridgehead atoms. The lowest BCUT2D eigenvalue weighted by molar-refractivity contribution is 0.0668. The van der Waals surface area contributed by atoms with Crippen molar-refractivity contribution < 1.29 is 14.6 Å². The fraction of sp³-hybridized carbons (Fsp3) is 0.500. The summed E-state index contributed by atoms with van der Waals surface area (Å²) in [6.07, 6.45) is 3.48. The van der Waals surface area contributed by atoms with Gasteiger partial charge in [0.15, 0.2) is 11.5 Å². The number of aliphatic hydroxyl groups excluding tert-OH is 1. The Labute approximate surface area is 120 Å². The molecule has 0 radical (unpaired) electrons. The van der Waals surface area contributed by atoms with E-state index in [1.165, 1.54) is 5.56 Å². The first-order valence-electron chi connectivity index (χ1n) is 7.04. The van der Waals surface area contributed by atoms with Crippen LogP contribution < -0.4 is 9.47 Å². The van der Waals surface area contributed by atoms with Crippen LogP contribution in [0.2, 0.25) is 0 Å². The lowest BCUT2D eigenvalue weighted by Crippen LogP contribution is -2.37.